The van der Waals surface area contributed by atoms with Crippen LogP contribution in [0.5, 0.6) is 0 Å². The van der Waals surface area contributed by atoms with Crippen LogP contribution >= 0.6 is 0 Å². The van der Waals surface area contributed by atoms with E-state index in [2.05, 4.69) is 28.9 Å². The van der Waals surface area contributed by atoms with Gasteiger partial charge in [-0.1, -0.05) is 12.1 Å². The van der Waals surface area contributed by atoms with E-state index in [-0.39, 0.29) is 12.1 Å². The molecule has 28 heavy (non-hydrogen) atoms. The number of amides is 2. The first-order chi connectivity index (χ1) is 13.6. The summed E-state index contributed by atoms with van der Waals surface area (Å²) < 4.78 is 7.44. The molecule has 0 aliphatic carbocycles. The van der Waals surface area contributed by atoms with Crippen molar-refractivity contribution in [3.8, 4) is 0 Å². The van der Waals surface area contributed by atoms with Gasteiger partial charge in [-0.15, -0.1) is 0 Å². The maximum Gasteiger partial charge on any atom is 0.322 e. The molecular weight excluding hydrogens is 354 g/mol. The number of nitrogens with one attached hydrogen (secondary N) is 1. The standard InChI is InChI=1S/C21H27N5O2/c1-4-20-23-16-13-15(9-10-19(16)25(20)5-2)22-21(27)26-11-7-6-8-18(26)17-12-14(3)28-24-17/h9-10,12-13,18H,4-8,11H2,1-3H3,(H,22,27)/t18-/m1/s1. The minimum atomic E-state index is -0.102. The number of anilines is 1. The van der Waals surface area contributed by atoms with E-state index in [1.807, 2.05) is 36.1 Å². The fraction of sp³-hybridized carbons (Fsp3) is 0.476. The van der Waals surface area contributed by atoms with Gasteiger partial charge >= 0.3 is 6.03 Å². The summed E-state index contributed by atoms with van der Waals surface area (Å²) in [7, 11) is 0. The van der Waals surface area contributed by atoms with Crippen LogP contribution in [0.1, 0.15) is 56.4 Å². The minimum Gasteiger partial charge on any atom is -0.361 e. The molecule has 148 valence electrons. The van der Waals surface area contributed by atoms with Gasteiger partial charge in [0, 0.05) is 31.3 Å². The molecule has 2 amide bonds. The predicted molar refractivity (Wildman–Crippen MR) is 108 cm³/mol. The van der Waals surface area contributed by atoms with Crippen LogP contribution in [0.4, 0.5) is 10.5 Å². The first-order valence-electron chi connectivity index (χ1n) is 10.1. The van der Waals surface area contributed by atoms with Gasteiger partial charge in [0.05, 0.1) is 17.1 Å². The number of imidazole rings is 1. The molecule has 1 atom stereocenters. The number of aromatic nitrogens is 3. The number of hydrogen-bond donors (Lipinski definition) is 1. The van der Waals surface area contributed by atoms with Crippen molar-refractivity contribution >= 4 is 22.8 Å². The molecule has 3 aromatic rings. The maximum atomic E-state index is 13.0. The molecule has 7 nitrogen and oxygen atoms in total. The molecule has 1 aromatic carbocycles. The number of benzene rings is 1. The number of hydrogen-bond acceptors (Lipinski definition) is 4. The Morgan fingerprint density at radius 3 is 2.86 bits per heavy atom. The summed E-state index contributed by atoms with van der Waals surface area (Å²) in [6.07, 6.45) is 3.87. The molecule has 2 aromatic heterocycles. The molecule has 0 radical (unpaired) electrons. The molecule has 1 N–H and O–H groups in total. The Hall–Kier alpha value is -2.83. The van der Waals surface area contributed by atoms with E-state index in [0.717, 1.165) is 72.8 Å². The van der Waals surface area contributed by atoms with Gasteiger partial charge in [0.15, 0.2) is 0 Å². The number of nitrogens with zero attached hydrogens (tertiary/aromatic N) is 4. The molecule has 1 saturated heterocycles. The second kappa shape index (κ2) is 7.66. The van der Waals surface area contributed by atoms with E-state index in [9.17, 15) is 4.79 Å². The van der Waals surface area contributed by atoms with Crippen molar-refractivity contribution in [3.05, 3.63) is 41.5 Å². The minimum absolute atomic E-state index is 0.0408. The summed E-state index contributed by atoms with van der Waals surface area (Å²) in [6, 6.07) is 7.72. The Labute approximate surface area is 164 Å². The van der Waals surface area contributed by atoms with Gasteiger partial charge in [0.2, 0.25) is 0 Å². The van der Waals surface area contributed by atoms with E-state index in [1.54, 1.807) is 0 Å². The van der Waals surface area contributed by atoms with Crippen molar-refractivity contribution < 1.29 is 9.32 Å². The Morgan fingerprint density at radius 2 is 2.14 bits per heavy atom. The van der Waals surface area contributed by atoms with Crippen LogP contribution in [0, 0.1) is 6.92 Å². The van der Waals surface area contributed by atoms with Crippen LogP contribution in [-0.2, 0) is 13.0 Å². The highest BCUT2D eigenvalue weighted by Gasteiger charge is 2.30. The smallest absolute Gasteiger partial charge is 0.322 e. The van der Waals surface area contributed by atoms with E-state index in [4.69, 9.17) is 9.51 Å². The molecule has 1 aliphatic rings. The van der Waals surface area contributed by atoms with E-state index >= 15 is 0 Å². The predicted octanol–water partition coefficient (Wildman–Crippen LogP) is 4.67. The van der Waals surface area contributed by atoms with Crippen molar-refractivity contribution in [3.63, 3.8) is 0 Å². The third-order valence-corrected chi connectivity index (χ3v) is 5.46. The van der Waals surface area contributed by atoms with Crippen molar-refractivity contribution in [2.45, 2.75) is 59.0 Å². The average Bonchev–Trinajstić information content (AvgIpc) is 3.30. The van der Waals surface area contributed by atoms with Crippen molar-refractivity contribution in [1.29, 1.82) is 0 Å². The van der Waals surface area contributed by atoms with Gasteiger partial charge in [-0.2, -0.15) is 0 Å². The van der Waals surface area contributed by atoms with Crippen molar-refractivity contribution in [1.82, 2.24) is 19.6 Å². The average molecular weight is 381 g/mol. The fourth-order valence-corrected chi connectivity index (χ4v) is 4.10. The summed E-state index contributed by atoms with van der Waals surface area (Å²) in [5, 5.41) is 7.20. The molecule has 0 saturated carbocycles. The lowest BCUT2D eigenvalue weighted by Gasteiger charge is -2.34. The highest BCUT2D eigenvalue weighted by Crippen LogP contribution is 2.31. The fourth-order valence-electron chi connectivity index (χ4n) is 4.10. The van der Waals surface area contributed by atoms with Gasteiger partial charge < -0.3 is 19.3 Å². The monoisotopic (exact) mass is 381 g/mol. The molecule has 1 fully saturated rings. The van der Waals surface area contributed by atoms with Gasteiger partial charge in [-0.05, 0) is 51.3 Å². The van der Waals surface area contributed by atoms with Gasteiger partial charge in [-0.3, -0.25) is 0 Å². The van der Waals surface area contributed by atoms with Crippen LogP contribution in [0.2, 0.25) is 0 Å². The Kier molecular flexibility index (Phi) is 5.07. The molecular formula is C21H27N5O2. The number of urea groups is 1. The third-order valence-electron chi connectivity index (χ3n) is 5.46. The number of carbonyl (C=O) groups excluding carboxylic acids is 1. The SMILES string of the molecule is CCc1nc2cc(NC(=O)N3CCCC[C@@H]3c3cc(C)on3)ccc2n1CC. The van der Waals surface area contributed by atoms with Crippen LogP contribution in [0.25, 0.3) is 11.0 Å². The maximum absolute atomic E-state index is 13.0. The van der Waals surface area contributed by atoms with Gasteiger partial charge in [-0.25, -0.2) is 9.78 Å². The zero-order chi connectivity index (χ0) is 19.7. The first-order valence-corrected chi connectivity index (χ1v) is 10.1. The number of likely N-dealkylation sites (tertiary alicyclic amines) is 1. The summed E-state index contributed by atoms with van der Waals surface area (Å²) in [6.45, 7) is 7.71. The first kappa shape index (κ1) is 18.5. The van der Waals surface area contributed by atoms with E-state index in [1.165, 1.54) is 0 Å². The molecule has 3 heterocycles. The molecule has 0 unspecified atom stereocenters. The quantitative estimate of drug-likeness (QED) is 0.712. The summed E-state index contributed by atoms with van der Waals surface area (Å²) in [4.78, 5) is 19.6. The van der Waals surface area contributed by atoms with Crippen molar-refractivity contribution in [2.24, 2.45) is 0 Å². The van der Waals surface area contributed by atoms with Crippen LogP contribution in [0.3, 0.4) is 0 Å². The second-order valence-corrected chi connectivity index (χ2v) is 7.33. The van der Waals surface area contributed by atoms with E-state index in [0.29, 0.717) is 0 Å². The number of piperidine rings is 1. The Balaban J connectivity index is 1.56. The summed E-state index contributed by atoms with van der Waals surface area (Å²) in [5.41, 5.74) is 3.61. The van der Waals surface area contributed by atoms with Gasteiger partial charge in [0.1, 0.15) is 17.3 Å². The second-order valence-electron chi connectivity index (χ2n) is 7.33. The lowest BCUT2D eigenvalue weighted by molar-refractivity contribution is 0.159. The summed E-state index contributed by atoms with van der Waals surface area (Å²) >= 11 is 0. The Morgan fingerprint density at radius 1 is 1.29 bits per heavy atom. The third kappa shape index (κ3) is 3.37. The normalized spacial score (nSPS) is 17.2. The topological polar surface area (TPSA) is 76.2 Å². The largest absolute Gasteiger partial charge is 0.361 e. The molecule has 0 spiro atoms. The number of carbonyl (C=O) groups is 1. The van der Waals surface area contributed by atoms with Crippen molar-refractivity contribution in [2.75, 3.05) is 11.9 Å². The van der Waals surface area contributed by atoms with Gasteiger partial charge in [0.25, 0.3) is 0 Å². The number of rotatable bonds is 4. The van der Waals surface area contributed by atoms with Crippen LogP contribution in [-0.4, -0.2) is 32.2 Å². The highest BCUT2D eigenvalue weighted by atomic mass is 16.5. The lowest BCUT2D eigenvalue weighted by atomic mass is 9.99. The summed E-state index contributed by atoms with van der Waals surface area (Å²) in [5.74, 6) is 1.84. The lowest BCUT2D eigenvalue weighted by Crippen LogP contribution is -2.41. The zero-order valence-corrected chi connectivity index (χ0v) is 16.7. The number of aryl methyl sites for hydroxylation is 3. The molecule has 0 bridgehead atoms. The van der Waals surface area contributed by atoms with E-state index < -0.39 is 0 Å². The number of fused-ring (bicyclic) bond motifs is 1. The highest BCUT2D eigenvalue weighted by molar-refractivity contribution is 5.92. The molecule has 1 aliphatic heterocycles. The van der Waals surface area contributed by atoms with Crippen LogP contribution in [0.15, 0.2) is 28.8 Å². The Bertz CT molecular complexity index is 990. The molecule has 7 heteroatoms. The van der Waals surface area contributed by atoms with Crippen LogP contribution < -0.4 is 5.32 Å². The molecule has 4 rings (SSSR count). The zero-order valence-electron chi connectivity index (χ0n) is 16.7.